The molecule has 7 heteroatoms. The number of piperidine rings is 1. The van der Waals surface area contributed by atoms with Crippen molar-refractivity contribution in [1.82, 2.24) is 9.97 Å². The molecule has 100 valence electrons. The third-order valence-corrected chi connectivity index (χ3v) is 3.24. The number of aromatic nitrogens is 2. The van der Waals surface area contributed by atoms with Gasteiger partial charge in [-0.2, -0.15) is 13.2 Å². The quantitative estimate of drug-likeness (QED) is 0.738. The van der Waals surface area contributed by atoms with Gasteiger partial charge in [0, 0.05) is 19.2 Å². The van der Waals surface area contributed by atoms with Crippen LogP contribution < -0.4 is 4.90 Å². The molecular formula is C11H13ClF3N3. The van der Waals surface area contributed by atoms with Gasteiger partial charge in [-0.15, -0.1) is 0 Å². The minimum atomic E-state index is -4.57. The fourth-order valence-corrected chi connectivity index (χ4v) is 2.11. The van der Waals surface area contributed by atoms with E-state index in [9.17, 15) is 13.2 Å². The van der Waals surface area contributed by atoms with Crippen LogP contribution in [0.1, 0.15) is 25.6 Å². The van der Waals surface area contributed by atoms with E-state index in [1.54, 1.807) is 0 Å². The molecule has 1 aliphatic heterocycles. The van der Waals surface area contributed by atoms with Crippen LogP contribution in [0.25, 0.3) is 0 Å². The summed E-state index contributed by atoms with van der Waals surface area (Å²) in [7, 11) is 0. The molecule has 0 N–H and O–H groups in total. The van der Waals surface area contributed by atoms with Crippen molar-refractivity contribution in [3.63, 3.8) is 0 Å². The Morgan fingerprint density at radius 2 is 1.89 bits per heavy atom. The van der Waals surface area contributed by atoms with Gasteiger partial charge in [-0.3, -0.25) is 0 Å². The maximum Gasteiger partial charge on any atom is 0.451 e. The van der Waals surface area contributed by atoms with Gasteiger partial charge in [-0.25, -0.2) is 9.97 Å². The summed E-state index contributed by atoms with van der Waals surface area (Å²) in [5.74, 6) is -0.321. The first kappa shape index (κ1) is 13.4. The summed E-state index contributed by atoms with van der Waals surface area (Å²) < 4.78 is 37.7. The molecular weight excluding hydrogens is 267 g/mol. The number of rotatable bonds is 1. The van der Waals surface area contributed by atoms with Crippen molar-refractivity contribution in [2.24, 2.45) is 5.92 Å². The van der Waals surface area contributed by atoms with Crippen LogP contribution >= 0.6 is 11.6 Å². The first-order chi connectivity index (χ1) is 8.36. The number of hydrogen-bond acceptors (Lipinski definition) is 3. The van der Waals surface area contributed by atoms with E-state index in [1.165, 1.54) is 6.07 Å². The van der Waals surface area contributed by atoms with Crippen molar-refractivity contribution < 1.29 is 13.2 Å². The van der Waals surface area contributed by atoms with Gasteiger partial charge in [0.25, 0.3) is 0 Å². The molecule has 1 aromatic heterocycles. The molecule has 3 nitrogen and oxygen atoms in total. The van der Waals surface area contributed by atoms with Gasteiger partial charge in [0.15, 0.2) is 0 Å². The zero-order valence-electron chi connectivity index (χ0n) is 9.84. The van der Waals surface area contributed by atoms with Crippen molar-refractivity contribution in [2.75, 3.05) is 18.0 Å². The molecule has 18 heavy (non-hydrogen) atoms. The van der Waals surface area contributed by atoms with Gasteiger partial charge in [0.1, 0.15) is 11.0 Å². The summed E-state index contributed by atoms with van der Waals surface area (Å²) in [5.41, 5.74) is 0. The molecule has 1 fully saturated rings. The molecule has 1 aromatic rings. The fraction of sp³-hybridized carbons (Fsp3) is 0.636. The largest absolute Gasteiger partial charge is 0.451 e. The number of alkyl halides is 3. The summed E-state index contributed by atoms with van der Waals surface area (Å²) >= 11 is 5.63. The Bertz CT molecular complexity index is 428. The molecule has 0 spiro atoms. The van der Waals surface area contributed by atoms with E-state index in [-0.39, 0.29) is 11.0 Å². The third-order valence-electron chi connectivity index (χ3n) is 3.04. The number of hydrogen-bond donors (Lipinski definition) is 0. The highest BCUT2D eigenvalue weighted by Gasteiger charge is 2.36. The standard InChI is InChI=1S/C11H13ClF3N3/c1-7-2-4-18(5-3-7)9-6-8(12)16-10(17-9)11(13,14)15/h6-7H,2-5H2,1H3. The van der Waals surface area contributed by atoms with Gasteiger partial charge < -0.3 is 4.90 Å². The highest BCUT2D eigenvalue weighted by Crippen LogP contribution is 2.30. The monoisotopic (exact) mass is 279 g/mol. The van der Waals surface area contributed by atoms with Crippen LogP contribution in [0.3, 0.4) is 0 Å². The van der Waals surface area contributed by atoms with Gasteiger partial charge in [0.05, 0.1) is 0 Å². The zero-order valence-corrected chi connectivity index (χ0v) is 10.6. The Kier molecular flexibility index (Phi) is 3.66. The highest BCUT2D eigenvalue weighted by atomic mass is 35.5. The third kappa shape index (κ3) is 3.04. The number of anilines is 1. The molecule has 1 saturated heterocycles. The normalized spacial score (nSPS) is 18.2. The van der Waals surface area contributed by atoms with Gasteiger partial charge in [-0.1, -0.05) is 18.5 Å². The number of halogens is 4. The summed E-state index contributed by atoms with van der Waals surface area (Å²) in [5, 5.41) is -0.175. The predicted octanol–water partition coefficient (Wildman–Crippen LogP) is 3.39. The first-order valence-corrected chi connectivity index (χ1v) is 6.11. The van der Waals surface area contributed by atoms with Gasteiger partial charge in [0.2, 0.25) is 5.82 Å². The van der Waals surface area contributed by atoms with Crippen LogP contribution in [0, 0.1) is 5.92 Å². The van der Waals surface area contributed by atoms with Crippen molar-refractivity contribution >= 4 is 17.4 Å². The Balaban J connectivity index is 2.25. The second kappa shape index (κ2) is 4.91. The van der Waals surface area contributed by atoms with E-state index in [4.69, 9.17) is 11.6 Å². The second-order valence-electron chi connectivity index (χ2n) is 4.54. The van der Waals surface area contributed by atoms with Crippen molar-refractivity contribution in [3.8, 4) is 0 Å². The smallest absolute Gasteiger partial charge is 0.356 e. The van der Waals surface area contributed by atoms with Crippen LogP contribution in [0.2, 0.25) is 5.15 Å². The molecule has 0 radical (unpaired) electrons. The van der Waals surface area contributed by atoms with Crippen LogP contribution in [0.5, 0.6) is 0 Å². The molecule has 0 atom stereocenters. The van der Waals surface area contributed by atoms with E-state index < -0.39 is 12.0 Å². The van der Waals surface area contributed by atoms with Gasteiger partial charge in [-0.05, 0) is 18.8 Å². The molecule has 0 bridgehead atoms. The van der Waals surface area contributed by atoms with E-state index in [0.717, 1.165) is 12.8 Å². The molecule has 0 unspecified atom stereocenters. The Morgan fingerprint density at radius 3 is 2.44 bits per heavy atom. The molecule has 2 rings (SSSR count). The van der Waals surface area contributed by atoms with E-state index in [2.05, 4.69) is 16.9 Å². The number of nitrogens with zero attached hydrogens (tertiary/aromatic N) is 3. The highest BCUT2D eigenvalue weighted by molar-refractivity contribution is 6.29. The molecule has 0 aliphatic carbocycles. The topological polar surface area (TPSA) is 29.0 Å². The minimum absolute atomic E-state index is 0.175. The van der Waals surface area contributed by atoms with Gasteiger partial charge >= 0.3 is 6.18 Å². The zero-order chi connectivity index (χ0) is 13.3. The minimum Gasteiger partial charge on any atom is -0.356 e. The van der Waals surface area contributed by atoms with E-state index >= 15 is 0 Å². The predicted molar refractivity (Wildman–Crippen MR) is 62.7 cm³/mol. The summed E-state index contributed by atoms with van der Waals surface area (Å²) in [4.78, 5) is 8.60. The van der Waals surface area contributed by atoms with E-state index in [1.807, 2.05) is 4.90 Å². The van der Waals surface area contributed by atoms with Crippen molar-refractivity contribution in [3.05, 3.63) is 17.0 Å². The molecule has 0 saturated carbocycles. The van der Waals surface area contributed by atoms with Crippen molar-refractivity contribution in [2.45, 2.75) is 25.9 Å². The Morgan fingerprint density at radius 1 is 1.28 bits per heavy atom. The molecule has 0 amide bonds. The molecule has 2 heterocycles. The molecule has 1 aliphatic rings. The van der Waals surface area contributed by atoms with Crippen LogP contribution in [0.4, 0.5) is 19.0 Å². The van der Waals surface area contributed by atoms with Crippen LogP contribution in [-0.4, -0.2) is 23.1 Å². The summed E-state index contributed by atoms with van der Waals surface area (Å²) in [6.07, 6.45) is -2.67. The second-order valence-corrected chi connectivity index (χ2v) is 4.93. The fourth-order valence-electron chi connectivity index (χ4n) is 1.93. The lowest BCUT2D eigenvalue weighted by Gasteiger charge is -2.31. The Hall–Kier alpha value is -1.04. The van der Waals surface area contributed by atoms with Crippen LogP contribution in [-0.2, 0) is 6.18 Å². The van der Waals surface area contributed by atoms with Crippen LogP contribution in [0.15, 0.2) is 6.07 Å². The van der Waals surface area contributed by atoms with Crippen molar-refractivity contribution in [1.29, 1.82) is 0 Å². The maximum absolute atomic E-state index is 12.6. The molecule has 0 aromatic carbocycles. The average Bonchev–Trinajstić information content (AvgIpc) is 2.28. The summed E-state index contributed by atoms with van der Waals surface area (Å²) in [6, 6.07) is 1.38. The first-order valence-electron chi connectivity index (χ1n) is 5.73. The Labute approximate surface area is 108 Å². The lowest BCUT2D eigenvalue weighted by atomic mass is 9.99. The SMILES string of the molecule is CC1CCN(c2cc(Cl)nc(C(F)(F)F)n2)CC1. The lowest BCUT2D eigenvalue weighted by Crippen LogP contribution is -2.34. The maximum atomic E-state index is 12.6. The van der Waals surface area contributed by atoms with E-state index in [0.29, 0.717) is 19.0 Å². The lowest BCUT2D eigenvalue weighted by molar-refractivity contribution is -0.144. The summed E-state index contributed by atoms with van der Waals surface area (Å²) in [6.45, 7) is 3.53. The average molecular weight is 280 g/mol.